The number of benzene rings is 2. The Balaban J connectivity index is 2.03. The van der Waals surface area contributed by atoms with Crippen LogP contribution >= 0.6 is 22.9 Å². The zero-order chi connectivity index (χ0) is 21.7. The van der Waals surface area contributed by atoms with Gasteiger partial charge in [-0.2, -0.15) is 0 Å². The Bertz CT molecular complexity index is 1060. The van der Waals surface area contributed by atoms with Crippen molar-refractivity contribution in [2.24, 2.45) is 0 Å². The zero-order valence-electron chi connectivity index (χ0n) is 17.0. The van der Waals surface area contributed by atoms with Gasteiger partial charge in [0.05, 0.1) is 23.8 Å². The fourth-order valence-electron chi connectivity index (χ4n) is 3.08. The van der Waals surface area contributed by atoms with E-state index < -0.39 is 5.97 Å². The number of aryl methyl sites for hydroxylation is 1. The van der Waals surface area contributed by atoms with Gasteiger partial charge in [0.2, 0.25) is 0 Å². The summed E-state index contributed by atoms with van der Waals surface area (Å²) in [5.74, 6) is -0.120. The van der Waals surface area contributed by atoms with Gasteiger partial charge in [-0.15, -0.1) is 11.3 Å². The van der Waals surface area contributed by atoms with Crippen LogP contribution in [-0.4, -0.2) is 25.1 Å². The van der Waals surface area contributed by atoms with Crippen LogP contribution in [0.2, 0.25) is 5.02 Å². The molecule has 0 radical (unpaired) electrons. The van der Waals surface area contributed by atoms with Crippen molar-refractivity contribution in [2.45, 2.75) is 20.8 Å². The number of ether oxygens (including phenoxy) is 2. The molecule has 3 rings (SSSR count). The summed E-state index contributed by atoms with van der Waals surface area (Å²) < 4.78 is 10.8. The lowest BCUT2D eigenvalue weighted by Gasteiger charge is -2.10. The number of hydrogen-bond acceptors (Lipinski definition) is 5. The van der Waals surface area contributed by atoms with Crippen molar-refractivity contribution in [3.63, 3.8) is 0 Å². The molecular weight excluding hydrogens is 422 g/mol. The normalized spacial score (nSPS) is 10.5. The molecule has 156 valence electrons. The monoisotopic (exact) mass is 443 g/mol. The zero-order valence-corrected chi connectivity index (χ0v) is 18.5. The van der Waals surface area contributed by atoms with Gasteiger partial charge < -0.3 is 14.8 Å². The second-order valence-corrected chi connectivity index (χ2v) is 7.98. The maximum atomic E-state index is 12.8. The number of carbonyl (C=O) groups is 2. The van der Waals surface area contributed by atoms with Crippen molar-refractivity contribution >= 4 is 39.8 Å². The lowest BCUT2D eigenvalue weighted by Crippen LogP contribution is -2.15. The van der Waals surface area contributed by atoms with Crippen LogP contribution in [0.4, 0.5) is 5.00 Å². The van der Waals surface area contributed by atoms with Gasteiger partial charge >= 0.3 is 5.97 Å². The minimum atomic E-state index is -0.486. The maximum absolute atomic E-state index is 12.8. The highest BCUT2D eigenvalue weighted by atomic mass is 35.5. The molecular formula is C23H22ClNO4S. The molecule has 0 unspecified atom stereocenters. The van der Waals surface area contributed by atoms with E-state index in [2.05, 4.69) is 5.32 Å². The molecule has 30 heavy (non-hydrogen) atoms. The van der Waals surface area contributed by atoms with Crippen molar-refractivity contribution < 1.29 is 19.1 Å². The molecule has 1 N–H and O–H groups in total. The highest BCUT2D eigenvalue weighted by Crippen LogP contribution is 2.41. The molecule has 0 bridgehead atoms. The third-order valence-electron chi connectivity index (χ3n) is 4.36. The number of carbonyl (C=O) groups excluding carboxylic acids is 2. The molecule has 0 aliphatic carbocycles. The average Bonchev–Trinajstić information content (AvgIpc) is 3.05. The quantitative estimate of drug-likeness (QED) is 0.441. The minimum Gasteiger partial charge on any atom is -0.494 e. The van der Waals surface area contributed by atoms with Crippen LogP contribution < -0.4 is 10.1 Å². The Morgan fingerprint density at radius 3 is 2.37 bits per heavy atom. The molecule has 5 nitrogen and oxygen atoms in total. The Morgan fingerprint density at radius 1 is 1.03 bits per heavy atom. The molecule has 0 spiro atoms. The summed E-state index contributed by atoms with van der Waals surface area (Å²) in [6, 6.07) is 14.3. The van der Waals surface area contributed by atoms with E-state index in [9.17, 15) is 9.59 Å². The van der Waals surface area contributed by atoms with E-state index in [4.69, 9.17) is 21.1 Å². The second kappa shape index (κ2) is 9.78. The first kappa shape index (κ1) is 21.9. The number of esters is 1. The molecule has 0 aliphatic heterocycles. The Morgan fingerprint density at radius 2 is 1.73 bits per heavy atom. The van der Waals surface area contributed by atoms with E-state index in [1.54, 1.807) is 31.2 Å². The maximum Gasteiger partial charge on any atom is 0.341 e. The molecule has 0 aliphatic rings. The summed E-state index contributed by atoms with van der Waals surface area (Å²) in [6.45, 7) is 6.38. The topological polar surface area (TPSA) is 64.6 Å². The number of nitrogens with one attached hydrogen (secondary N) is 1. The fourth-order valence-corrected chi connectivity index (χ4v) is 4.36. The van der Waals surface area contributed by atoms with E-state index in [-0.39, 0.29) is 12.5 Å². The molecule has 0 fully saturated rings. The van der Waals surface area contributed by atoms with Crippen molar-refractivity contribution in [1.29, 1.82) is 0 Å². The number of amides is 1. The Labute approximate surface area is 184 Å². The number of halogens is 1. The second-order valence-electron chi connectivity index (χ2n) is 6.35. The SMILES string of the molecule is CCOC(=O)c1c(NC(=O)c2ccccc2Cl)sc(C)c1-c1ccc(OCC)cc1. The first-order valence-electron chi connectivity index (χ1n) is 9.55. The van der Waals surface area contributed by atoms with Gasteiger partial charge in [-0.05, 0) is 50.6 Å². The predicted octanol–water partition coefficient (Wildman–Crippen LogP) is 6.20. The summed E-state index contributed by atoms with van der Waals surface area (Å²) in [6.07, 6.45) is 0. The van der Waals surface area contributed by atoms with E-state index in [1.807, 2.05) is 38.1 Å². The highest BCUT2D eigenvalue weighted by Gasteiger charge is 2.26. The van der Waals surface area contributed by atoms with Crippen LogP contribution in [0.3, 0.4) is 0 Å². The predicted molar refractivity (Wildman–Crippen MR) is 121 cm³/mol. The van der Waals surface area contributed by atoms with Crippen LogP contribution in [0.15, 0.2) is 48.5 Å². The van der Waals surface area contributed by atoms with E-state index in [0.717, 1.165) is 21.8 Å². The first-order chi connectivity index (χ1) is 14.5. The van der Waals surface area contributed by atoms with Crippen molar-refractivity contribution in [3.05, 3.63) is 69.6 Å². The average molecular weight is 444 g/mol. The first-order valence-corrected chi connectivity index (χ1v) is 10.7. The number of hydrogen-bond donors (Lipinski definition) is 1. The number of thiophene rings is 1. The van der Waals surface area contributed by atoms with Crippen molar-refractivity contribution in [2.75, 3.05) is 18.5 Å². The molecule has 1 heterocycles. The molecule has 0 saturated heterocycles. The largest absolute Gasteiger partial charge is 0.494 e. The standard InChI is InChI=1S/C23H22ClNO4S/c1-4-28-16-12-10-15(11-13-16)19-14(3)30-22(20(19)23(27)29-5-2)25-21(26)17-8-6-7-9-18(17)24/h6-13H,4-5H2,1-3H3,(H,25,26). The fraction of sp³-hybridized carbons (Fsp3) is 0.217. The van der Waals surface area contributed by atoms with E-state index in [0.29, 0.717) is 27.8 Å². The Hall–Kier alpha value is -2.83. The van der Waals surface area contributed by atoms with Crippen LogP contribution in [0.1, 0.15) is 39.4 Å². The summed E-state index contributed by atoms with van der Waals surface area (Å²) >= 11 is 7.48. The number of anilines is 1. The molecule has 0 saturated carbocycles. The summed E-state index contributed by atoms with van der Waals surface area (Å²) in [5, 5.41) is 3.61. The van der Waals surface area contributed by atoms with E-state index in [1.165, 1.54) is 11.3 Å². The van der Waals surface area contributed by atoms with Crippen molar-refractivity contribution in [3.8, 4) is 16.9 Å². The van der Waals surface area contributed by atoms with Crippen LogP contribution in [-0.2, 0) is 4.74 Å². The summed E-state index contributed by atoms with van der Waals surface area (Å²) in [7, 11) is 0. The van der Waals surface area contributed by atoms with Gasteiger partial charge in [-0.1, -0.05) is 35.9 Å². The van der Waals surface area contributed by atoms with Crippen LogP contribution in [0.5, 0.6) is 5.75 Å². The summed E-state index contributed by atoms with van der Waals surface area (Å²) in [4.78, 5) is 26.5. The third-order valence-corrected chi connectivity index (χ3v) is 5.71. The molecule has 3 aromatic rings. The van der Waals surface area contributed by atoms with Gasteiger partial charge in [0, 0.05) is 10.4 Å². The van der Waals surface area contributed by atoms with Gasteiger partial charge in [0.25, 0.3) is 5.91 Å². The lowest BCUT2D eigenvalue weighted by molar-refractivity contribution is 0.0529. The van der Waals surface area contributed by atoms with Crippen LogP contribution in [0.25, 0.3) is 11.1 Å². The minimum absolute atomic E-state index is 0.231. The molecule has 1 amide bonds. The smallest absolute Gasteiger partial charge is 0.341 e. The summed E-state index contributed by atoms with van der Waals surface area (Å²) in [5.41, 5.74) is 2.25. The third kappa shape index (κ3) is 4.66. The van der Waals surface area contributed by atoms with Gasteiger partial charge in [0.1, 0.15) is 16.3 Å². The van der Waals surface area contributed by atoms with Gasteiger partial charge in [-0.25, -0.2) is 4.79 Å². The lowest BCUT2D eigenvalue weighted by atomic mass is 10.0. The molecule has 1 aromatic heterocycles. The molecule has 7 heteroatoms. The highest BCUT2D eigenvalue weighted by molar-refractivity contribution is 7.17. The molecule has 0 atom stereocenters. The number of rotatable bonds is 7. The van der Waals surface area contributed by atoms with Crippen molar-refractivity contribution in [1.82, 2.24) is 0 Å². The van der Waals surface area contributed by atoms with E-state index >= 15 is 0 Å². The van der Waals surface area contributed by atoms with Gasteiger partial charge in [-0.3, -0.25) is 4.79 Å². The van der Waals surface area contributed by atoms with Crippen LogP contribution in [0, 0.1) is 6.92 Å². The Kier molecular flexibility index (Phi) is 7.13. The van der Waals surface area contributed by atoms with Gasteiger partial charge in [0.15, 0.2) is 0 Å². The molecule has 2 aromatic carbocycles.